The minimum absolute atomic E-state index is 0.225. The van der Waals surface area contributed by atoms with Crippen molar-refractivity contribution in [2.75, 3.05) is 39.8 Å². The monoisotopic (exact) mass is 447 g/mol. The summed E-state index contributed by atoms with van der Waals surface area (Å²) in [4.78, 5) is 9.81. The van der Waals surface area contributed by atoms with E-state index in [1.807, 2.05) is 12.3 Å². The van der Waals surface area contributed by atoms with Gasteiger partial charge < -0.3 is 14.7 Å². The van der Waals surface area contributed by atoms with Crippen molar-refractivity contribution in [3.8, 4) is 5.75 Å². The number of aliphatic hydroxyl groups is 1. The molecule has 2 aliphatic carbocycles. The number of methoxy groups -OCH3 is 1. The molecule has 1 aromatic carbocycles. The highest BCUT2D eigenvalue weighted by Crippen LogP contribution is 2.55. The second kappa shape index (κ2) is 8.37. The van der Waals surface area contributed by atoms with Crippen LogP contribution >= 0.6 is 0 Å². The molecule has 2 aromatic rings. The van der Waals surface area contributed by atoms with Gasteiger partial charge in [0.1, 0.15) is 5.75 Å². The molecule has 3 fully saturated rings. The van der Waals surface area contributed by atoms with Crippen LogP contribution in [0.1, 0.15) is 48.9 Å². The molecule has 4 aliphatic rings. The molecule has 33 heavy (non-hydrogen) atoms. The summed E-state index contributed by atoms with van der Waals surface area (Å²) in [6.45, 7) is 5.21. The first-order chi connectivity index (χ1) is 16.1. The second-order valence-corrected chi connectivity index (χ2v) is 10.9. The Kier molecular flexibility index (Phi) is 5.47. The topological polar surface area (TPSA) is 48.8 Å². The summed E-state index contributed by atoms with van der Waals surface area (Å²) in [7, 11) is 1.75. The van der Waals surface area contributed by atoms with Crippen LogP contribution in [-0.2, 0) is 18.3 Å². The van der Waals surface area contributed by atoms with E-state index in [0.717, 1.165) is 82.2 Å². The smallest absolute Gasteiger partial charge is 0.119 e. The minimum atomic E-state index is -0.681. The van der Waals surface area contributed by atoms with Gasteiger partial charge in [-0.05, 0) is 92.9 Å². The maximum absolute atomic E-state index is 12.6. The molecule has 0 amide bonds. The van der Waals surface area contributed by atoms with Gasteiger partial charge in [0.15, 0.2) is 0 Å². The molecule has 6 rings (SSSR count). The molecule has 3 heterocycles. The fourth-order valence-corrected chi connectivity index (χ4v) is 7.11. The fraction of sp³-hybridized carbons (Fsp3) is 0.607. The molecular weight excluding hydrogens is 410 g/mol. The van der Waals surface area contributed by atoms with E-state index in [2.05, 4.69) is 45.1 Å². The van der Waals surface area contributed by atoms with Crippen LogP contribution in [0.25, 0.3) is 0 Å². The van der Waals surface area contributed by atoms with Crippen LogP contribution in [0, 0.1) is 5.92 Å². The number of hydrogen-bond acceptors (Lipinski definition) is 5. The number of likely N-dealkylation sites (tertiary alicyclic amines) is 2. The molecule has 1 saturated carbocycles. The van der Waals surface area contributed by atoms with Crippen LogP contribution in [0.15, 0.2) is 42.6 Å². The first-order valence-corrected chi connectivity index (χ1v) is 12.9. The Morgan fingerprint density at radius 3 is 2.85 bits per heavy atom. The number of rotatable bonds is 6. The number of piperidine rings is 1. The zero-order chi connectivity index (χ0) is 22.5. The zero-order valence-electron chi connectivity index (χ0n) is 19.9. The van der Waals surface area contributed by atoms with Gasteiger partial charge in [0.25, 0.3) is 0 Å². The van der Waals surface area contributed by atoms with Crippen LogP contribution in [0.3, 0.4) is 0 Å². The molecule has 0 radical (unpaired) electrons. The highest BCUT2D eigenvalue weighted by atomic mass is 16.5. The van der Waals surface area contributed by atoms with Crippen LogP contribution in [0.2, 0.25) is 0 Å². The quantitative estimate of drug-likeness (QED) is 0.735. The zero-order valence-corrected chi connectivity index (χ0v) is 19.9. The van der Waals surface area contributed by atoms with Gasteiger partial charge in [-0.15, -0.1) is 0 Å². The lowest BCUT2D eigenvalue weighted by atomic mass is 9.53. The summed E-state index contributed by atoms with van der Waals surface area (Å²) in [6.07, 6.45) is 9.48. The van der Waals surface area contributed by atoms with Crippen molar-refractivity contribution in [1.82, 2.24) is 14.8 Å². The van der Waals surface area contributed by atoms with Gasteiger partial charge in [0, 0.05) is 49.4 Å². The van der Waals surface area contributed by atoms with Crippen LogP contribution in [-0.4, -0.2) is 71.4 Å². The standard InChI is InChI=1S/C28H37N3O2/c1-33-24-9-8-22-17-26-28(32)11-4-14-30(15-10-23-5-2-3-13-29-23)20-27(28,25(22)18-24)12-16-31(26)19-21-6-7-21/h2-3,5,8-9,13,18,21,26,32H,4,6-7,10-12,14-17,19-20H2,1H3. The van der Waals surface area contributed by atoms with Gasteiger partial charge >= 0.3 is 0 Å². The van der Waals surface area contributed by atoms with Gasteiger partial charge in [0.2, 0.25) is 0 Å². The maximum atomic E-state index is 12.6. The van der Waals surface area contributed by atoms with Crippen molar-refractivity contribution < 1.29 is 9.84 Å². The van der Waals surface area contributed by atoms with Crippen molar-refractivity contribution in [2.45, 2.75) is 62.0 Å². The molecule has 176 valence electrons. The van der Waals surface area contributed by atoms with Crippen LogP contribution in [0.4, 0.5) is 0 Å². The number of nitrogens with zero attached hydrogens (tertiary/aromatic N) is 3. The molecule has 3 unspecified atom stereocenters. The number of hydrogen-bond donors (Lipinski definition) is 1. The minimum Gasteiger partial charge on any atom is -0.497 e. The summed E-state index contributed by atoms with van der Waals surface area (Å²) < 4.78 is 5.66. The third kappa shape index (κ3) is 3.69. The van der Waals surface area contributed by atoms with E-state index in [4.69, 9.17) is 4.74 Å². The first kappa shape index (κ1) is 21.6. The average Bonchev–Trinajstić information content (AvgIpc) is 3.66. The lowest BCUT2D eigenvalue weighted by molar-refractivity contribution is -0.151. The van der Waals surface area contributed by atoms with Gasteiger partial charge in [-0.2, -0.15) is 0 Å². The van der Waals surface area contributed by atoms with Gasteiger partial charge in [0.05, 0.1) is 12.7 Å². The Balaban J connectivity index is 1.36. The Bertz CT molecular complexity index is 994. The lowest BCUT2D eigenvalue weighted by Crippen LogP contribution is -2.73. The average molecular weight is 448 g/mol. The Morgan fingerprint density at radius 1 is 1.15 bits per heavy atom. The predicted octanol–water partition coefficient (Wildman–Crippen LogP) is 3.44. The highest BCUT2D eigenvalue weighted by Gasteiger charge is 2.63. The van der Waals surface area contributed by atoms with Crippen molar-refractivity contribution >= 4 is 0 Å². The Morgan fingerprint density at radius 2 is 2.06 bits per heavy atom. The van der Waals surface area contributed by atoms with E-state index in [-0.39, 0.29) is 11.5 Å². The summed E-state index contributed by atoms with van der Waals surface area (Å²) in [6, 6.07) is 13.0. The highest BCUT2D eigenvalue weighted by molar-refractivity contribution is 5.48. The molecule has 1 N–H and O–H groups in total. The molecule has 5 heteroatoms. The van der Waals surface area contributed by atoms with Gasteiger partial charge in [-0.25, -0.2) is 0 Å². The van der Waals surface area contributed by atoms with E-state index in [0.29, 0.717) is 0 Å². The van der Waals surface area contributed by atoms with Crippen molar-refractivity contribution in [3.05, 3.63) is 59.4 Å². The number of pyridine rings is 1. The van der Waals surface area contributed by atoms with Crippen molar-refractivity contribution in [2.24, 2.45) is 5.92 Å². The molecule has 1 aromatic heterocycles. The predicted molar refractivity (Wildman–Crippen MR) is 130 cm³/mol. The molecule has 2 saturated heterocycles. The SMILES string of the molecule is COc1ccc2c(c1)C13CCN(CC4CC4)C(C2)C1(O)CCCN(CCc1ccccn1)C3. The Labute approximate surface area is 197 Å². The first-order valence-electron chi connectivity index (χ1n) is 12.9. The maximum Gasteiger partial charge on any atom is 0.119 e. The molecule has 2 bridgehead atoms. The normalized spacial score (nSPS) is 32.0. The second-order valence-electron chi connectivity index (χ2n) is 10.9. The van der Waals surface area contributed by atoms with Crippen LogP contribution in [0.5, 0.6) is 5.75 Å². The van der Waals surface area contributed by atoms with E-state index in [9.17, 15) is 5.11 Å². The summed E-state index contributed by atoms with van der Waals surface area (Å²) >= 11 is 0. The van der Waals surface area contributed by atoms with Crippen molar-refractivity contribution in [3.63, 3.8) is 0 Å². The third-order valence-corrected chi connectivity index (χ3v) is 9.02. The number of fused-ring (bicyclic) bond motifs is 1. The lowest BCUT2D eigenvalue weighted by Gasteiger charge is -2.62. The molecule has 0 spiro atoms. The summed E-state index contributed by atoms with van der Waals surface area (Å²) in [5.74, 6) is 1.76. The van der Waals surface area contributed by atoms with Gasteiger partial charge in [-0.1, -0.05) is 12.1 Å². The number of ether oxygens (including phenoxy) is 1. The molecule has 3 atom stereocenters. The number of benzene rings is 1. The number of aromatic nitrogens is 1. The van der Waals surface area contributed by atoms with E-state index in [1.54, 1.807) is 7.11 Å². The van der Waals surface area contributed by atoms with E-state index < -0.39 is 5.60 Å². The molecule has 5 nitrogen and oxygen atoms in total. The van der Waals surface area contributed by atoms with Crippen molar-refractivity contribution in [1.29, 1.82) is 0 Å². The largest absolute Gasteiger partial charge is 0.497 e. The molecule has 2 aliphatic heterocycles. The van der Waals surface area contributed by atoms with Gasteiger partial charge in [-0.3, -0.25) is 9.88 Å². The Hall–Kier alpha value is -1.95. The summed E-state index contributed by atoms with van der Waals surface area (Å²) in [5, 5.41) is 12.6. The molecular formula is C28H37N3O2. The summed E-state index contributed by atoms with van der Waals surface area (Å²) in [5.41, 5.74) is 2.99. The van der Waals surface area contributed by atoms with E-state index in [1.165, 1.54) is 24.0 Å². The van der Waals surface area contributed by atoms with Crippen LogP contribution < -0.4 is 4.74 Å². The third-order valence-electron chi connectivity index (χ3n) is 9.02. The van der Waals surface area contributed by atoms with E-state index >= 15 is 0 Å². The fourth-order valence-electron chi connectivity index (χ4n) is 7.11.